The molecule has 4 rings (SSSR count). The van der Waals surface area contributed by atoms with Crippen LogP contribution in [0.25, 0.3) is 0 Å². The average molecular weight is 371 g/mol. The van der Waals surface area contributed by atoms with Crippen LogP contribution < -0.4 is 4.90 Å². The van der Waals surface area contributed by atoms with Gasteiger partial charge < -0.3 is 10.0 Å². The Kier molecular flexibility index (Phi) is 4.57. The summed E-state index contributed by atoms with van der Waals surface area (Å²) in [5, 5.41) is 11.3. The minimum Gasteiger partial charge on any atom is -0.375 e. The van der Waals surface area contributed by atoms with Crippen LogP contribution in [0.4, 0.5) is 5.69 Å². The van der Waals surface area contributed by atoms with Crippen molar-refractivity contribution in [2.45, 2.75) is 25.5 Å². The van der Waals surface area contributed by atoms with E-state index in [-0.39, 0.29) is 12.2 Å². The first kappa shape index (κ1) is 18.1. The maximum Gasteiger partial charge on any atom is 0.264 e. The molecule has 0 spiro atoms. The van der Waals surface area contributed by atoms with Gasteiger partial charge in [-0.05, 0) is 24.1 Å². The molecular weight excluding hydrogens is 350 g/mol. The van der Waals surface area contributed by atoms with Gasteiger partial charge in [-0.1, -0.05) is 72.8 Å². The molecule has 0 fully saturated rings. The molecule has 1 heterocycles. The third-order valence-corrected chi connectivity index (χ3v) is 5.34. The Morgan fingerprint density at radius 2 is 1.57 bits per heavy atom. The molecule has 0 bridgehead atoms. The molecule has 0 saturated heterocycles. The lowest BCUT2D eigenvalue weighted by Gasteiger charge is -2.23. The number of Topliss-reactive ketones (excluding diaryl/α,β-unsaturated/α-hetero) is 1. The predicted octanol–water partition coefficient (Wildman–Crippen LogP) is 4.00. The summed E-state index contributed by atoms with van der Waals surface area (Å²) in [5.41, 5.74) is 1.84. The maximum absolute atomic E-state index is 13.3. The smallest absolute Gasteiger partial charge is 0.264 e. The highest BCUT2D eigenvalue weighted by Gasteiger charge is 2.50. The van der Waals surface area contributed by atoms with Gasteiger partial charge >= 0.3 is 0 Å². The lowest BCUT2D eigenvalue weighted by Crippen LogP contribution is -2.41. The van der Waals surface area contributed by atoms with Gasteiger partial charge in [-0.25, -0.2) is 0 Å². The SMILES string of the molecule is Cc1ccccc1CN1C(=O)C(O)(CC(=O)c2ccccc2)c2ccccc21. The Hall–Kier alpha value is -3.24. The molecule has 1 N–H and O–H groups in total. The quantitative estimate of drug-likeness (QED) is 0.690. The van der Waals surface area contributed by atoms with Crippen LogP contribution in [0.2, 0.25) is 0 Å². The molecular formula is C24H21NO3. The van der Waals surface area contributed by atoms with E-state index in [1.165, 1.54) is 0 Å². The van der Waals surface area contributed by atoms with Crippen LogP contribution in [-0.4, -0.2) is 16.8 Å². The van der Waals surface area contributed by atoms with Crippen LogP contribution in [0, 0.1) is 6.92 Å². The largest absolute Gasteiger partial charge is 0.375 e. The van der Waals surface area contributed by atoms with E-state index in [1.54, 1.807) is 41.3 Å². The van der Waals surface area contributed by atoms with Crippen molar-refractivity contribution in [2.75, 3.05) is 4.90 Å². The van der Waals surface area contributed by atoms with Crippen LogP contribution in [0.1, 0.15) is 33.5 Å². The molecule has 140 valence electrons. The summed E-state index contributed by atoms with van der Waals surface area (Å²) in [6.45, 7) is 2.34. The fourth-order valence-corrected chi connectivity index (χ4v) is 3.75. The second-order valence-electron chi connectivity index (χ2n) is 7.16. The van der Waals surface area contributed by atoms with Crippen molar-refractivity contribution in [1.82, 2.24) is 0 Å². The highest BCUT2D eigenvalue weighted by atomic mass is 16.3. The third-order valence-electron chi connectivity index (χ3n) is 5.34. The molecule has 0 aliphatic carbocycles. The summed E-state index contributed by atoms with van der Waals surface area (Å²) in [5.74, 6) is -0.717. The number of carbonyl (C=O) groups excluding carboxylic acids is 2. The number of aliphatic hydroxyl groups is 1. The van der Waals surface area contributed by atoms with Crippen LogP contribution in [-0.2, 0) is 16.9 Å². The van der Waals surface area contributed by atoms with Gasteiger partial charge in [0.2, 0.25) is 0 Å². The van der Waals surface area contributed by atoms with Gasteiger partial charge in [0.1, 0.15) is 0 Å². The molecule has 0 saturated carbocycles. The Labute approximate surface area is 164 Å². The molecule has 1 atom stereocenters. The molecule has 1 aliphatic heterocycles. The van der Waals surface area contributed by atoms with E-state index in [4.69, 9.17) is 0 Å². The average Bonchev–Trinajstić information content (AvgIpc) is 2.92. The van der Waals surface area contributed by atoms with Gasteiger partial charge in [0.05, 0.1) is 18.7 Å². The van der Waals surface area contributed by atoms with E-state index in [0.717, 1.165) is 11.1 Å². The van der Waals surface area contributed by atoms with E-state index in [2.05, 4.69) is 0 Å². The maximum atomic E-state index is 13.3. The first-order valence-corrected chi connectivity index (χ1v) is 9.27. The molecule has 1 aliphatic rings. The molecule has 28 heavy (non-hydrogen) atoms. The van der Waals surface area contributed by atoms with E-state index in [9.17, 15) is 14.7 Å². The summed E-state index contributed by atoms with van der Waals surface area (Å²) in [6, 6.07) is 23.8. The number of anilines is 1. The number of hydrogen-bond acceptors (Lipinski definition) is 3. The summed E-state index contributed by atoms with van der Waals surface area (Å²) >= 11 is 0. The Bertz CT molecular complexity index is 1040. The molecule has 3 aromatic rings. The van der Waals surface area contributed by atoms with Crippen LogP contribution in [0.15, 0.2) is 78.9 Å². The van der Waals surface area contributed by atoms with Crippen molar-refractivity contribution in [3.63, 3.8) is 0 Å². The zero-order valence-electron chi connectivity index (χ0n) is 15.6. The van der Waals surface area contributed by atoms with Crippen LogP contribution in [0.5, 0.6) is 0 Å². The second kappa shape index (κ2) is 7.06. The fourth-order valence-electron chi connectivity index (χ4n) is 3.75. The number of benzene rings is 3. The number of nitrogens with zero attached hydrogens (tertiary/aromatic N) is 1. The minimum atomic E-state index is -1.85. The third kappa shape index (κ3) is 3.02. The second-order valence-corrected chi connectivity index (χ2v) is 7.16. The summed E-state index contributed by atoms with van der Waals surface area (Å²) in [4.78, 5) is 27.6. The topological polar surface area (TPSA) is 57.6 Å². The molecule has 1 amide bonds. The van der Waals surface area contributed by atoms with Gasteiger partial charge in [0.25, 0.3) is 5.91 Å². The zero-order valence-corrected chi connectivity index (χ0v) is 15.6. The number of ketones is 1. The summed E-state index contributed by atoms with van der Waals surface area (Å²) in [6.07, 6.45) is -0.281. The van der Waals surface area contributed by atoms with Gasteiger partial charge in [-0.3, -0.25) is 9.59 Å². The van der Waals surface area contributed by atoms with Crippen molar-refractivity contribution in [3.8, 4) is 0 Å². The molecule has 3 aromatic carbocycles. The standard InChI is InChI=1S/C24H21NO3/c1-17-9-5-6-12-19(17)16-25-21-14-8-7-13-20(21)24(28,23(25)27)15-22(26)18-10-3-2-4-11-18/h2-14,28H,15-16H2,1H3. The fraction of sp³-hybridized carbons (Fsp3) is 0.167. The van der Waals surface area contributed by atoms with Crippen LogP contribution in [0.3, 0.4) is 0 Å². The number of hydrogen-bond donors (Lipinski definition) is 1. The van der Waals surface area contributed by atoms with Crippen molar-refractivity contribution in [1.29, 1.82) is 0 Å². The Balaban J connectivity index is 1.70. The Morgan fingerprint density at radius 1 is 0.929 bits per heavy atom. The first-order valence-electron chi connectivity index (χ1n) is 9.27. The zero-order chi connectivity index (χ0) is 19.7. The molecule has 4 nitrogen and oxygen atoms in total. The van der Waals surface area contributed by atoms with Crippen LogP contribution >= 0.6 is 0 Å². The van der Waals surface area contributed by atoms with E-state index >= 15 is 0 Å². The highest BCUT2D eigenvalue weighted by molar-refractivity contribution is 6.10. The highest BCUT2D eigenvalue weighted by Crippen LogP contribution is 2.43. The summed E-state index contributed by atoms with van der Waals surface area (Å²) in [7, 11) is 0. The molecule has 1 unspecified atom stereocenters. The van der Waals surface area contributed by atoms with Crippen molar-refractivity contribution < 1.29 is 14.7 Å². The molecule has 4 heteroatoms. The number of carbonyl (C=O) groups is 2. The van der Waals surface area contributed by atoms with Gasteiger partial charge in [-0.2, -0.15) is 0 Å². The Morgan fingerprint density at radius 3 is 2.32 bits per heavy atom. The normalized spacial score (nSPS) is 18.2. The first-order chi connectivity index (χ1) is 13.5. The van der Waals surface area contributed by atoms with E-state index < -0.39 is 11.5 Å². The van der Waals surface area contributed by atoms with Crippen molar-refractivity contribution in [3.05, 3.63) is 101 Å². The van der Waals surface area contributed by atoms with Gasteiger partial charge in [0, 0.05) is 11.1 Å². The van der Waals surface area contributed by atoms with Gasteiger partial charge in [0.15, 0.2) is 11.4 Å². The molecule has 0 aromatic heterocycles. The summed E-state index contributed by atoms with van der Waals surface area (Å²) < 4.78 is 0. The van der Waals surface area contributed by atoms with Crippen molar-refractivity contribution >= 4 is 17.4 Å². The lowest BCUT2D eigenvalue weighted by molar-refractivity contribution is -0.136. The molecule has 0 radical (unpaired) electrons. The monoisotopic (exact) mass is 371 g/mol. The number of amides is 1. The van der Waals surface area contributed by atoms with E-state index in [0.29, 0.717) is 23.4 Å². The number of rotatable bonds is 5. The number of para-hydroxylation sites is 1. The lowest BCUT2D eigenvalue weighted by atomic mass is 9.88. The predicted molar refractivity (Wildman–Crippen MR) is 108 cm³/mol. The number of fused-ring (bicyclic) bond motifs is 1. The minimum absolute atomic E-state index is 0.260. The van der Waals surface area contributed by atoms with Gasteiger partial charge in [-0.15, -0.1) is 0 Å². The number of aryl methyl sites for hydroxylation is 1. The van der Waals surface area contributed by atoms with E-state index in [1.807, 2.05) is 49.4 Å². The van der Waals surface area contributed by atoms with Crippen molar-refractivity contribution in [2.24, 2.45) is 0 Å².